The molecule has 0 bridgehead atoms. The first-order chi connectivity index (χ1) is 20.9. The quantitative estimate of drug-likeness (QED) is 0.253. The topological polar surface area (TPSA) is 94.7 Å². The van der Waals surface area contributed by atoms with Crippen molar-refractivity contribution in [3.63, 3.8) is 0 Å². The average Bonchev–Trinajstić information content (AvgIpc) is 3.53. The number of nitrogens with one attached hydrogen (secondary N) is 2. The number of amides is 4. The number of aromatic amines is 1. The number of anilines is 1. The Bertz CT molecular complexity index is 1880. The maximum absolute atomic E-state index is 14.1. The Labute approximate surface area is 246 Å². The Morgan fingerprint density at radius 1 is 0.977 bits per heavy atom. The average molecular weight is 575 g/mol. The highest BCUT2D eigenvalue weighted by molar-refractivity contribution is 6.22. The number of rotatable bonds is 6. The summed E-state index contributed by atoms with van der Waals surface area (Å²) in [5.41, 5.74) is 5.19. The minimum Gasteiger partial charge on any atom is -0.497 e. The van der Waals surface area contributed by atoms with Crippen LogP contribution in [0.5, 0.6) is 5.75 Å². The largest absolute Gasteiger partial charge is 0.497 e. The molecule has 4 aromatic carbocycles. The summed E-state index contributed by atoms with van der Waals surface area (Å²) < 4.78 is 18.7. The second-order valence-electron chi connectivity index (χ2n) is 10.7. The molecule has 3 heterocycles. The van der Waals surface area contributed by atoms with E-state index in [0.717, 1.165) is 33.3 Å². The predicted octanol–water partition coefficient (Wildman–Crippen LogP) is 5.73. The van der Waals surface area contributed by atoms with Crippen LogP contribution in [0.3, 0.4) is 0 Å². The second-order valence-corrected chi connectivity index (χ2v) is 10.7. The number of urea groups is 1. The summed E-state index contributed by atoms with van der Waals surface area (Å²) in [5, 5.41) is 3.83. The van der Waals surface area contributed by atoms with Crippen molar-refractivity contribution in [1.82, 2.24) is 15.2 Å². The van der Waals surface area contributed by atoms with Crippen molar-refractivity contribution in [3.05, 3.63) is 131 Å². The number of H-pyrrole nitrogens is 1. The third kappa shape index (κ3) is 4.50. The number of nitrogens with zero attached hydrogens (tertiary/aromatic N) is 2. The van der Waals surface area contributed by atoms with Crippen LogP contribution in [-0.2, 0) is 17.8 Å². The van der Waals surface area contributed by atoms with E-state index in [2.05, 4.69) is 10.3 Å². The van der Waals surface area contributed by atoms with Gasteiger partial charge in [-0.05, 0) is 71.3 Å². The molecule has 0 aliphatic carbocycles. The Morgan fingerprint density at radius 3 is 2.51 bits per heavy atom. The zero-order valence-electron chi connectivity index (χ0n) is 23.2. The molecule has 2 N–H and O–H groups in total. The minimum absolute atomic E-state index is 0.237. The van der Waals surface area contributed by atoms with Gasteiger partial charge in [-0.2, -0.15) is 0 Å². The van der Waals surface area contributed by atoms with E-state index in [9.17, 15) is 18.8 Å². The van der Waals surface area contributed by atoms with Crippen LogP contribution in [0.15, 0.2) is 97.1 Å². The normalized spacial score (nSPS) is 17.6. The fourth-order valence-corrected chi connectivity index (χ4v) is 6.12. The van der Waals surface area contributed by atoms with Crippen LogP contribution >= 0.6 is 0 Å². The van der Waals surface area contributed by atoms with Gasteiger partial charge in [-0.15, -0.1) is 0 Å². The number of fused-ring (bicyclic) bond motifs is 4. The number of ether oxygens (including phenoxy) is 1. The van der Waals surface area contributed by atoms with E-state index in [-0.39, 0.29) is 24.2 Å². The molecule has 1 aromatic heterocycles. The van der Waals surface area contributed by atoms with Gasteiger partial charge in [-0.25, -0.2) is 14.1 Å². The fourth-order valence-electron chi connectivity index (χ4n) is 6.12. The first-order valence-corrected chi connectivity index (χ1v) is 14.0. The molecule has 8 nitrogen and oxygen atoms in total. The van der Waals surface area contributed by atoms with E-state index < -0.39 is 18.1 Å². The standard InChI is InChI=1S/C34H27FN4O4/c1-43-25-6-4-5-22(17-25)31-30-27(26-7-2-3-8-28(26)37-30)18-29-33(41)38(34(42)39(29)31)24-15-11-21(12-16-24)32(40)36-19-20-9-13-23(35)14-10-20/h2-17,29,31,37H,18-19H2,1H3,(H,36,40)/t29-,31-/m0/s1. The number of methoxy groups -OCH3 is 1. The molecule has 7 rings (SSSR count). The SMILES string of the molecule is COc1cccc([C@H]2c3[nH]c4ccccc4c3C[C@H]3C(=O)N(c4ccc(C(=O)NCc5ccc(F)cc5)cc4)C(=O)N23)c1. The van der Waals surface area contributed by atoms with Crippen molar-refractivity contribution in [1.29, 1.82) is 0 Å². The number of para-hydroxylation sites is 1. The maximum Gasteiger partial charge on any atom is 0.332 e. The van der Waals surface area contributed by atoms with Crippen molar-refractivity contribution in [2.45, 2.75) is 25.0 Å². The van der Waals surface area contributed by atoms with Crippen molar-refractivity contribution < 1.29 is 23.5 Å². The summed E-state index contributed by atoms with van der Waals surface area (Å²) in [5.74, 6) is -0.331. The Balaban J connectivity index is 1.20. The lowest BCUT2D eigenvalue weighted by atomic mass is 9.89. The molecule has 2 aliphatic heterocycles. The number of hydrogen-bond donors (Lipinski definition) is 2. The Morgan fingerprint density at radius 2 is 1.74 bits per heavy atom. The van der Waals surface area contributed by atoms with Gasteiger partial charge in [0.05, 0.1) is 12.8 Å². The van der Waals surface area contributed by atoms with E-state index in [1.165, 1.54) is 17.0 Å². The summed E-state index contributed by atoms with van der Waals surface area (Å²) >= 11 is 0. The van der Waals surface area contributed by atoms with Crippen LogP contribution in [-0.4, -0.2) is 40.9 Å². The number of hydrogen-bond acceptors (Lipinski definition) is 4. The van der Waals surface area contributed by atoms with Crippen molar-refractivity contribution >= 4 is 34.4 Å². The zero-order chi connectivity index (χ0) is 29.7. The summed E-state index contributed by atoms with van der Waals surface area (Å²) in [6.07, 6.45) is 0.380. The number of imide groups is 1. The highest BCUT2D eigenvalue weighted by Gasteiger charge is 2.53. The van der Waals surface area contributed by atoms with Crippen LogP contribution < -0.4 is 15.0 Å². The summed E-state index contributed by atoms with van der Waals surface area (Å²) in [4.78, 5) is 47.2. The van der Waals surface area contributed by atoms with Gasteiger partial charge in [0.1, 0.15) is 23.7 Å². The lowest BCUT2D eigenvalue weighted by Crippen LogP contribution is -2.44. The van der Waals surface area contributed by atoms with Gasteiger partial charge in [-0.1, -0.05) is 42.5 Å². The van der Waals surface area contributed by atoms with Crippen molar-refractivity contribution in [3.8, 4) is 5.75 Å². The molecule has 2 atom stereocenters. The molecule has 0 spiro atoms. The molecule has 1 saturated heterocycles. The van der Waals surface area contributed by atoms with E-state index in [1.807, 2.05) is 48.5 Å². The van der Waals surface area contributed by atoms with E-state index in [0.29, 0.717) is 23.4 Å². The predicted molar refractivity (Wildman–Crippen MR) is 159 cm³/mol. The van der Waals surface area contributed by atoms with Gasteiger partial charge in [-0.3, -0.25) is 14.5 Å². The molecule has 0 saturated carbocycles. The smallest absolute Gasteiger partial charge is 0.332 e. The van der Waals surface area contributed by atoms with Crippen LogP contribution in [0, 0.1) is 5.82 Å². The first kappa shape index (κ1) is 26.5. The third-order valence-electron chi connectivity index (χ3n) is 8.21. The molecule has 0 radical (unpaired) electrons. The highest BCUT2D eigenvalue weighted by atomic mass is 19.1. The lowest BCUT2D eigenvalue weighted by molar-refractivity contribution is -0.120. The third-order valence-corrected chi connectivity index (χ3v) is 8.21. The second kappa shape index (κ2) is 10.4. The molecule has 9 heteroatoms. The molecule has 5 aromatic rings. The van der Waals surface area contributed by atoms with Crippen molar-refractivity contribution in [2.24, 2.45) is 0 Å². The lowest BCUT2D eigenvalue weighted by Gasteiger charge is -2.36. The molecule has 0 unspecified atom stereocenters. The molecule has 1 fully saturated rings. The van der Waals surface area contributed by atoms with Crippen LogP contribution in [0.4, 0.5) is 14.9 Å². The first-order valence-electron chi connectivity index (χ1n) is 14.0. The monoisotopic (exact) mass is 574 g/mol. The van der Waals surface area contributed by atoms with Crippen LogP contribution in [0.25, 0.3) is 10.9 Å². The van der Waals surface area contributed by atoms with Gasteiger partial charge < -0.3 is 15.0 Å². The fraction of sp³-hybridized carbons (Fsp3) is 0.147. The number of benzene rings is 4. The number of carbonyl (C=O) groups is 3. The van der Waals surface area contributed by atoms with Gasteiger partial charge in [0.2, 0.25) is 0 Å². The minimum atomic E-state index is -0.700. The number of carbonyl (C=O) groups excluding carboxylic acids is 3. The zero-order valence-corrected chi connectivity index (χ0v) is 23.2. The molecular formula is C34H27FN4O4. The number of halogens is 1. The van der Waals surface area contributed by atoms with Crippen molar-refractivity contribution in [2.75, 3.05) is 12.0 Å². The Hall–Kier alpha value is -5.44. The van der Waals surface area contributed by atoms with E-state index >= 15 is 0 Å². The van der Waals surface area contributed by atoms with Gasteiger partial charge in [0, 0.05) is 35.1 Å². The highest BCUT2D eigenvalue weighted by Crippen LogP contribution is 2.45. The van der Waals surface area contributed by atoms with E-state index in [4.69, 9.17) is 4.74 Å². The summed E-state index contributed by atoms with van der Waals surface area (Å²) in [6.45, 7) is 0.237. The van der Waals surface area contributed by atoms with Crippen LogP contribution in [0.1, 0.15) is 38.8 Å². The maximum atomic E-state index is 14.1. The van der Waals surface area contributed by atoms with Gasteiger partial charge in [0.25, 0.3) is 11.8 Å². The molecular weight excluding hydrogens is 547 g/mol. The summed E-state index contributed by atoms with van der Waals surface area (Å²) in [6, 6.07) is 26.1. The molecule has 214 valence electrons. The summed E-state index contributed by atoms with van der Waals surface area (Å²) in [7, 11) is 1.59. The molecule has 43 heavy (non-hydrogen) atoms. The van der Waals surface area contributed by atoms with Gasteiger partial charge >= 0.3 is 6.03 Å². The Kier molecular flexibility index (Phi) is 6.42. The molecule has 4 amide bonds. The van der Waals surface area contributed by atoms with Gasteiger partial charge in [0.15, 0.2) is 0 Å². The van der Waals surface area contributed by atoms with E-state index in [1.54, 1.807) is 48.4 Å². The van der Waals surface area contributed by atoms with Crippen LogP contribution in [0.2, 0.25) is 0 Å². The number of aromatic nitrogens is 1. The molecule has 2 aliphatic rings.